The van der Waals surface area contributed by atoms with Gasteiger partial charge < -0.3 is 14.0 Å². The SMILES string of the molecule is Cc1c2c(cc3c1[C@H](n1ccc4ccccc41)N(C)CC3)OCO2. The molecule has 0 bridgehead atoms. The summed E-state index contributed by atoms with van der Waals surface area (Å²) in [6.07, 6.45) is 3.42. The Morgan fingerprint density at radius 1 is 1.12 bits per heavy atom. The van der Waals surface area contributed by atoms with E-state index in [0.717, 1.165) is 24.5 Å². The average Bonchev–Trinajstić information content (AvgIpc) is 3.22. The molecular weight excluding hydrogens is 300 g/mol. The van der Waals surface area contributed by atoms with Gasteiger partial charge in [0.2, 0.25) is 6.79 Å². The lowest BCUT2D eigenvalue weighted by molar-refractivity contribution is 0.173. The van der Waals surface area contributed by atoms with Gasteiger partial charge in [0, 0.05) is 23.8 Å². The minimum atomic E-state index is 0.183. The van der Waals surface area contributed by atoms with E-state index in [-0.39, 0.29) is 6.17 Å². The van der Waals surface area contributed by atoms with Gasteiger partial charge in [-0.25, -0.2) is 0 Å². The van der Waals surface area contributed by atoms with Crippen molar-refractivity contribution in [2.24, 2.45) is 0 Å². The molecule has 2 aromatic carbocycles. The predicted molar refractivity (Wildman–Crippen MR) is 93.7 cm³/mol. The molecule has 3 heterocycles. The van der Waals surface area contributed by atoms with Crippen molar-refractivity contribution in [2.75, 3.05) is 20.4 Å². The number of rotatable bonds is 1. The van der Waals surface area contributed by atoms with Gasteiger partial charge in [-0.3, -0.25) is 4.90 Å². The summed E-state index contributed by atoms with van der Waals surface area (Å²) in [6, 6.07) is 12.9. The molecule has 5 rings (SSSR count). The van der Waals surface area contributed by atoms with Gasteiger partial charge in [0.15, 0.2) is 11.5 Å². The van der Waals surface area contributed by atoms with Gasteiger partial charge in [-0.15, -0.1) is 0 Å². The van der Waals surface area contributed by atoms with Gasteiger partial charge in [-0.1, -0.05) is 18.2 Å². The monoisotopic (exact) mass is 320 g/mol. The third-order valence-corrected chi connectivity index (χ3v) is 5.34. The zero-order chi connectivity index (χ0) is 16.3. The summed E-state index contributed by atoms with van der Waals surface area (Å²) in [6.45, 7) is 3.51. The molecule has 24 heavy (non-hydrogen) atoms. The van der Waals surface area contributed by atoms with E-state index >= 15 is 0 Å². The first kappa shape index (κ1) is 13.9. The van der Waals surface area contributed by atoms with Crippen LogP contribution in [-0.4, -0.2) is 29.9 Å². The first-order chi connectivity index (χ1) is 11.7. The van der Waals surface area contributed by atoms with E-state index in [1.807, 2.05) is 0 Å². The van der Waals surface area contributed by atoms with Crippen molar-refractivity contribution in [3.63, 3.8) is 0 Å². The fourth-order valence-electron chi connectivity index (χ4n) is 4.16. The fraction of sp³-hybridized carbons (Fsp3) is 0.300. The summed E-state index contributed by atoms with van der Waals surface area (Å²) in [5.74, 6) is 1.80. The Morgan fingerprint density at radius 3 is 2.92 bits per heavy atom. The second kappa shape index (κ2) is 5.02. The molecule has 2 aliphatic heterocycles. The fourth-order valence-corrected chi connectivity index (χ4v) is 4.16. The largest absolute Gasteiger partial charge is 0.454 e. The molecule has 0 amide bonds. The van der Waals surface area contributed by atoms with Crippen LogP contribution in [0.25, 0.3) is 10.9 Å². The number of hydrogen-bond donors (Lipinski definition) is 0. The number of benzene rings is 2. The van der Waals surface area contributed by atoms with Gasteiger partial charge in [-0.2, -0.15) is 0 Å². The maximum absolute atomic E-state index is 5.73. The zero-order valence-electron chi connectivity index (χ0n) is 14.0. The molecule has 0 saturated carbocycles. The van der Waals surface area contributed by atoms with Crippen molar-refractivity contribution in [1.82, 2.24) is 9.47 Å². The number of para-hydroxylation sites is 1. The van der Waals surface area contributed by atoms with Crippen LogP contribution in [-0.2, 0) is 6.42 Å². The van der Waals surface area contributed by atoms with Crippen molar-refractivity contribution in [1.29, 1.82) is 0 Å². The van der Waals surface area contributed by atoms with Gasteiger partial charge in [-0.05, 0) is 55.1 Å². The van der Waals surface area contributed by atoms with Crippen LogP contribution in [0.5, 0.6) is 11.5 Å². The van der Waals surface area contributed by atoms with E-state index in [0.29, 0.717) is 6.79 Å². The molecule has 4 heteroatoms. The number of aromatic nitrogens is 1. The van der Waals surface area contributed by atoms with Gasteiger partial charge >= 0.3 is 0 Å². The zero-order valence-corrected chi connectivity index (χ0v) is 14.0. The molecule has 1 aromatic heterocycles. The lowest BCUT2D eigenvalue weighted by Crippen LogP contribution is -2.36. The second-order valence-corrected chi connectivity index (χ2v) is 6.69. The minimum Gasteiger partial charge on any atom is -0.454 e. The minimum absolute atomic E-state index is 0.183. The van der Waals surface area contributed by atoms with Crippen LogP contribution in [0.1, 0.15) is 22.9 Å². The molecule has 1 atom stereocenters. The number of ether oxygens (including phenoxy) is 2. The maximum atomic E-state index is 5.73. The highest BCUT2D eigenvalue weighted by atomic mass is 16.7. The molecule has 0 spiro atoms. The van der Waals surface area contributed by atoms with E-state index < -0.39 is 0 Å². The lowest BCUT2D eigenvalue weighted by Gasteiger charge is -2.37. The van der Waals surface area contributed by atoms with E-state index in [2.05, 4.69) is 66.0 Å². The van der Waals surface area contributed by atoms with Crippen LogP contribution in [0.15, 0.2) is 42.6 Å². The van der Waals surface area contributed by atoms with Gasteiger partial charge in [0.1, 0.15) is 6.17 Å². The maximum Gasteiger partial charge on any atom is 0.231 e. The molecule has 0 aliphatic carbocycles. The molecular formula is C20H20N2O2. The highest BCUT2D eigenvalue weighted by molar-refractivity contribution is 5.80. The summed E-state index contributed by atoms with van der Waals surface area (Å²) in [5.41, 5.74) is 5.19. The van der Waals surface area contributed by atoms with E-state index in [1.165, 1.54) is 27.6 Å². The Bertz CT molecular complexity index is 944. The molecule has 2 aliphatic rings. The Balaban J connectivity index is 1.76. The highest BCUT2D eigenvalue weighted by Crippen LogP contribution is 2.44. The number of likely N-dealkylation sites (N-methyl/N-ethyl adjacent to an activating group) is 1. The Morgan fingerprint density at radius 2 is 2.00 bits per heavy atom. The van der Waals surface area contributed by atoms with Crippen molar-refractivity contribution in [2.45, 2.75) is 19.5 Å². The molecule has 3 aromatic rings. The third kappa shape index (κ3) is 1.83. The first-order valence-electron chi connectivity index (χ1n) is 8.42. The molecule has 0 fully saturated rings. The topological polar surface area (TPSA) is 26.6 Å². The predicted octanol–water partition coefficient (Wildman–Crippen LogP) is 3.71. The first-order valence-corrected chi connectivity index (χ1v) is 8.42. The van der Waals surface area contributed by atoms with Gasteiger partial charge in [0.05, 0.1) is 0 Å². The smallest absolute Gasteiger partial charge is 0.231 e. The van der Waals surface area contributed by atoms with Crippen molar-refractivity contribution in [3.05, 3.63) is 59.3 Å². The van der Waals surface area contributed by atoms with E-state index in [1.54, 1.807) is 0 Å². The summed E-state index contributed by atoms with van der Waals surface area (Å²) in [7, 11) is 2.20. The van der Waals surface area contributed by atoms with Crippen LogP contribution < -0.4 is 9.47 Å². The van der Waals surface area contributed by atoms with Crippen molar-refractivity contribution < 1.29 is 9.47 Å². The Kier molecular flexibility index (Phi) is 2.91. The standard InChI is InChI=1S/C20H20N2O2/c1-13-18-15(11-17-19(13)24-12-23-17)7-9-21(2)20(18)22-10-8-14-5-3-4-6-16(14)22/h3-6,8,10-11,20H,7,9,12H2,1-2H3/t20-/m0/s1. The highest BCUT2D eigenvalue weighted by Gasteiger charge is 2.32. The number of nitrogens with zero attached hydrogens (tertiary/aromatic N) is 2. The van der Waals surface area contributed by atoms with Crippen LogP contribution in [0.4, 0.5) is 0 Å². The molecule has 0 radical (unpaired) electrons. The number of hydrogen-bond acceptors (Lipinski definition) is 3. The van der Waals surface area contributed by atoms with Crippen LogP contribution >= 0.6 is 0 Å². The van der Waals surface area contributed by atoms with E-state index in [4.69, 9.17) is 9.47 Å². The average molecular weight is 320 g/mol. The van der Waals surface area contributed by atoms with Crippen LogP contribution in [0.2, 0.25) is 0 Å². The normalized spacial score (nSPS) is 19.7. The molecule has 4 nitrogen and oxygen atoms in total. The third-order valence-electron chi connectivity index (χ3n) is 5.34. The van der Waals surface area contributed by atoms with Crippen LogP contribution in [0, 0.1) is 6.92 Å². The molecule has 0 N–H and O–H groups in total. The molecule has 122 valence electrons. The van der Waals surface area contributed by atoms with Gasteiger partial charge in [0.25, 0.3) is 0 Å². The summed E-state index contributed by atoms with van der Waals surface area (Å²) in [5, 5.41) is 1.27. The summed E-state index contributed by atoms with van der Waals surface area (Å²) >= 11 is 0. The van der Waals surface area contributed by atoms with Crippen molar-refractivity contribution in [3.8, 4) is 11.5 Å². The molecule has 0 unspecified atom stereocenters. The van der Waals surface area contributed by atoms with E-state index in [9.17, 15) is 0 Å². The Labute approximate surface area is 141 Å². The van der Waals surface area contributed by atoms with Crippen LogP contribution in [0.3, 0.4) is 0 Å². The lowest BCUT2D eigenvalue weighted by atomic mass is 9.91. The second-order valence-electron chi connectivity index (χ2n) is 6.69. The molecule has 0 saturated heterocycles. The number of fused-ring (bicyclic) bond motifs is 3. The van der Waals surface area contributed by atoms with Crippen molar-refractivity contribution >= 4 is 10.9 Å². The summed E-state index contributed by atoms with van der Waals surface area (Å²) < 4.78 is 13.7. The quantitative estimate of drug-likeness (QED) is 0.684. The Hall–Kier alpha value is -2.46. The summed E-state index contributed by atoms with van der Waals surface area (Å²) in [4.78, 5) is 2.42.